The first-order valence-corrected chi connectivity index (χ1v) is 13.1. The van der Waals surface area contributed by atoms with E-state index in [-0.39, 0.29) is 28.7 Å². The minimum Gasteiger partial charge on any atom is -0.372 e. The lowest BCUT2D eigenvalue weighted by Gasteiger charge is -2.28. The molecule has 2 aliphatic heterocycles. The van der Waals surface area contributed by atoms with E-state index in [2.05, 4.69) is 35.9 Å². The Hall–Kier alpha value is -1.54. The van der Waals surface area contributed by atoms with Crippen molar-refractivity contribution in [2.24, 2.45) is 4.99 Å². The number of aryl methyl sites for hydroxylation is 1. The smallest absolute Gasteiger partial charge is 0.248 e. The Labute approximate surface area is 178 Å². The van der Waals surface area contributed by atoms with Crippen LogP contribution < -0.4 is 9.80 Å². The zero-order valence-electron chi connectivity index (χ0n) is 17.7. The van der Waals surface area contributed by atoms with Crippen molar-refractivity contribution in [3.63, 3.8) is 0 Å². The van der Waals surface area contributed by atoms with Crippen LogP contribution in [-0.2, 0) is 14.6 Å². The van der Waals surface area contributed by atoms with Gasteiger partial charge in [0.2, 0.25) is 5.91 Å². The quantitative estimate of drug-likeness (QED) is 0.649. The first kappa shape index (κ1) is 22.2. The third kappa shape index (κ3) is 4.79. The number of unbranched alkanes of at least 4 members (excludes halogenated alkanes) is 1. The fourth-order valence-corrected chi connectivity index (χ4v) is 7.96. The predicted octanol–water partition coefficient (Wildman–Crippen LogP) is 3.63. The molecule has 0 aliphatic carbocycles. The predicted molar refractivity (Wildman–Crippen MR) is 123 cm³/mol. The molecule has 0 aromatic heterocycles. The molecule has 8 heteroatoms. The maximum Gasteiger partial charge on any atom is 0.248 e. The normalized spacial score (nSPS) is 24.1. The topological polar surface area (TPSA) is 70.0 Å². The van der Waals surface area contributed by atoms with Crippen molar-refractivity contribution >= 4 is 44.0 Å². The summed E-state index contributed by atoms with van der Waals surface area (Å²) in [5, 5.41) is 0.578. The zero-order chi connectivity index (χ0) is 21.2. The van der Waals surface area contributed by atoms with Gasteiger partial charge in [0, 0.05) is 36.1 Å². The average Bonchev–Trinajstić information content (AvgIpc) is 3.12. The highest BCUT2D eigenvalue weighted by molar-refractivity contribution is 8.16. The van der Waals surface area contributed by atoms with Crippen LogP contribution in [0.3, 0.4) is 0 Å². The first-order chi connectivity index (χ1) is 13.8. The molecule has 2 heterocycles. The summed E-state index contributed by atoms with van der Waals surface area (Å²) >= 11 is 1.44. The summed E-state index contributed by atoms with van der Waals surface area (Å²) in [5.41, 5.74) is 3.16. The van der Waals surface area contributed by atoms with Gasteiger partial charge in [-0.1, -0.05) is 25.1 Å². The van der Waals surface area contributed by atoms with Gasteiger partial charge in [-0.15, -0.1) is 0 Å². The fraction of sp³-hybridized carbons (Fsp3) is 0.619. The van der Waals surface area contributed by atoms with Crippen LogP contribution in [0.4, 0.5) is 11.4 Å². The Morgan fingerprint density at radius 1 is 1.24 bits per heavy atom. The van der Waals surface area contributed by atoms with Crippen LogP contribution >= 0.6 is 11.8 Å². The number of hydrogen-bond acceptors (Lipinski definition) is 5. The Balaban J connectivity index is 1.97. The molecule has 2 aliphatic rings. The minimum absolute atomic E-state index is 0.0698. The van der Waals surface area contributed by atoms with E-state index in [0.29, 0.717) is 11.6 Å². The standard InChI is InChI=1S/C21H31N3O3S2/c1-5-8-9-20(25)22-21-24(18-13-29(26,27)14-19(18)28-21)17-11-10-16(12-15(17)4)23(6-2)7-3/h10-12,18-19H,5-9,13-14H2,1-4H3/t18-,19-/m0/s1. The van der Waals surface area contributed by atoms with Gasteiger partial charge in [-0.3, -0.25) is 4.79 Å². The summed E-state index contributed by atoms with van der Waals surface area (Å²) in [6.45, 7) is 10.2. The fourth-order valence-electron chi connectivity index (χ4n) is 4.03. The molecule has 29 heavy (non-hydrogen) atoms. The van der Waals surface area contributed by atoms with E-state index >= 15 is 0 Å². The lowest BCUT2D eigenvalue weighted by molar-refractivity contribution is -0.117. The molecule has 1 amide bonds. The number of amidine groups is 1. The minimum atomic E-state index is -3.07. The number of carbonyl (C=O) groups excluding carboxylic acids is 1. The number of benzene rings is 1. The molecule has 0 unspecified atom stereocenters. The number of rotatable bonds is 7. The molecule has 160 valence electrons. The Morgan fingerprint density at radius 3 is 2.59 bits per heavy atom. The number of amides is 1. The molecule has 2 atom stereocenters. The monoisotopic (exact) mass is 437 g/mol. The molecule has 0 spiro atoms. The molecule has 1 aromatic rings. The molecule has 2 saturated heterocycles. The molecular weight excluding hydrogens is 406 g/mol. The molecule has 0 radical (unpaired) electrons. The number of anilines is 2. The van der Waals surface area contributed by atoms with E-state index in [4.69, 9.17) is 0 Å². The van der Waals surface area contributed by atoms with Gasteiger partial charge in [0.1, 0.15) is 0 Å². The van der Waals surface area contributed by atoms with E-state index in [9.17, 15) is 13.2 Å². The largest absolute Gasteiger partial charge is 0.372 e. The number of hydrogen-bond donors (Lipinski definition) is 0. The Kier molecular flexibility index (Phi) is 6.94. The van der Waals surface area contributed by atoms with Crippen molar-refractivity contribution in [1.82, 2.24) is 0 Å². The summed E-state index contributed by atoms with van der Waals surface area (Å²) in [7, 11) is -3.07. The van der Waals surface area contributed by atoms with Gasteiger partial charge in [0.15, 0.2) is 15.0 Å². The van der Waals surface area contributed by atoms with Crippen molar-refractivity contribution in [3.8, 4) is 0 Å². The van der Waals surface area contributed by atoms with Crippen molar-refractivity contribution < 1.29 is 13.2 Å². The summed E-state index contributed by atoms with van der Waals surface area (Å²) in [5.74, 6) is 0.140. The van der Waals surface area contributed by atoms with Gasteiger partial charge >= 0.3 is 0 Å². The van der Waals surface area contributed by atoms with E-state index in [1.165, 1.54) is 11.8 Å². The number of carbonyl (C=O) groups is 1. The molecule has 0 N–H and O–H groups in total. The molecule has 2 fully saturated rings. The van der Waals surface area contributed by atoms with E-state index in [0.717, 1.165) is 42.9 Å². The van der Waals surface area contributed by atoms with Crippen LogP contribution in [0.1, 0.15) is 45.6 Å². The SMILES string of the molecule is CCCCC(=O)N=C1S[C@H]2CS(=O)(=O)C[C@@H]2N1c1ccc(N(CC)CC)cc1C. The summed E-state index contributed by atoms with van der Waals surface area (Å²) in [6, 6.07) is 6.09. The number of nitrogens with zero attached hydrogens (tertiary/aromatic N) is 3. The second-order valence-electron chi connectivity index (χ2n) is 7.71. The lowest BCUT2D eigenvalue weighted by Crippen LogP contribution is -2.38. The third-order valence-corrected chi connectivity index (χ3v) is 8.81. The average molecular weight is 438 g/mol. The van der Waals surface area contributed by atoms with Crippen molar-refractivity contribution in [3.05, 3.63) is 23.8 Å². The summed E-state index contributed by atoms with van der Waals surface area (Å²) in [6.07, 6.45) is 2.20. The third-order valence-electron chi connectivity index (χ3n) is 5.60. The second kappa shape index (κ2) is 9.08. The van der Waals surface area contributed by atoms with Crippen LogP contribution in [0.2, 0.25) is 0 Å². The van der Waals surface area contributed by atoms with Gasteiger partial charge in [0.05, 0.1) is 17.5 Å². The molecular formula is C21H31N3O3S2. The molecule has 0 bridgehead atoms. The van der Waals surface area contributed by atoms with E-state index in [1.807, 2.05) is 24.8 Å². The highest BCUT2D eigenvalue weighted by Crippen LogP contribution is 2.42. The van der Waals surface area contributed by atoms with Gasteiger partial charge in [-0.2, -0.15) is 4.99 Å². The highest BCUT2D eigenvalue weighted by atomic mass is 32.2. The van der Waals surface area contributed by atoms with Crippen molar-refractivity contribution in [2.75, 3.05) is 34.4 Å². The molecule has 0 saturated carbocycles. The van der Waals surface area contributed by atoms with Crippen LogP contribution in [0.25, 0.3) is 0 Å². The first-order valence-electron chi connectivity index (χ1n) is 10.4. The Morgan fingerprint density at radius 2 is 1.97 bits per heavy atom. The van der Waals surface area contributed by atoms with E-state index in [1.54, 1.807) is 0 Å². The lowest BCUT2D eigenvalue weighted by atomic mass is 10.1. The second-order valence-corrected chi connectivity index (χ2v) is 11.1. The maximum atomic E-state index is 12.3. The van der Waals surface area contributed by atoms with Gasteiger partial charge in [-0.05, 0) is 51.0 Å². The van der Waals surface area contributed by atoms with Crippen molar-refractivity contribution in [1.29, 1.82) is 0 Å². The number of aliphatic imine (C=N–C) groups is 1. The highest BCUT2D eigenvalue weighted by Gasteiger charge is 2.49. The molecule has 1 aromatic carbocycles. The van der Waals surface area contributed by atoms with E-state index < -0.39 is 9.84 Å². The van der Waals surface area contributed by atoms with Crippen LogP contribution in [0.5, 0.6) is 0 Å². The number of sulfone groups is 1. The number of fused-ring (bicyclic) bond motifs is 1. The molecule has 3 rings (SSSR count). The molecule has 6 nitrogen and oxygen atoms in total. The maximum absolute atomic E-state index is 12.3. The number of thioether (sulfide) groups is 1. The summed E-state index contributed by atoms with van der Waals surface area (Å²) < 4.78 is 24.5. The zero-order valence-corrected chi connectivity index (χ0v) is 19.4. The van der Waals surface area contributed by atoms with Gasteiger partial charge < -0.3 is 9.80 Å². The Bertz CT molecular complexity index is 894. The summed E-state index contributed by atoms with van der Waals surface area (Å²) in [4.78, 5) is 21.0. The van der Waals surface area contributed by atoms with Crippen LogP contribution in [-0.4, -0.2) is 55.4 Å². The van der Waals surface area contributed by atoms with Crippen molar-refractivity contribution in [2.45, 2.75) is 58.2 Å². The van der Waals surface area contributed by atoms with Gasteiger partial charge in [0.25, 0.3) is 0 Å². The van der Waals surface area contributed by atoms with Crippen LogP contribution in [0.15, 0.2) is 23.2 Å². The van der Waals surface area contributed by atoms with Gasteiger partial charge in [-0.25, -0.2) is 8.42 Å². The van der Waals surface area contributed by atoms with Crippen LogP contribution in [0, 0.1) is 6.92 Å².